The molecule has 2 aliphatic heterocycles. The molecule has 7 nitrogen and oxygen atoms in total. The Morgan fingerprint density at radius 1 is 1.14 bits per heavy atom. The first kappa shape index (κ1) is 19.6. The number of piperazine rings is 1. The molecular formula is C21H22N4O3S. The molecule has 0 aliphatic carbocycles. The fraction of sp³-hybridized carbons (Fsp3) is 0.333. The molecule has 0 aromatic heterocycles. The number of carbonyl (C=O) groups excluding carboxylic acids is 1. The summed E-state index contributed by atoms with van der Waals surface area (Å²) in [4.78, 5) is 15.0. The van der Waals surface area contributed by atoms with E-state index in [0.717, 1.165) is 13.0 Å². The zero-order chi connectivity index (χ0) is 20.4. The number of nitriles is 1. The van der Waals surface area contributed by atoms with Crippen molar-refractivity contribution in [2.75, 3.05) is 26.2 Å². The molecule has 8 heteroatoms. The van der Waals surface area contributed by atoms with E-state index in [0.29, 0.717) is 35.7 Å². The van der Waals surface area contributed by atoms with Gasteiger partial charge in [-0.2, -0.15) is 9.57 Å². The molecule has 150 valence electrons. The van der Waals surface area contributed by atoms with Crippen molar-refractivity contribution in [3.05, 3.63) is 65.7 Å². The van der Waals surface area contributed by atoms with Crippen molar-refractivity contribution in [3.8, 4) is 6.07 Å². The first-order valence-electron chi connectivity index (χ1n) is 9.58. The third-order valence-electron chi connectivity index (χ3n) is 5.61. The van der Waals surface area contributed by atoms with E-state index >= 15 is 0 Å². The van der Waals surface area contributed by atoms with Gasteiger partial charge in [-0.25, -0.2) is 8.42 Å². The lowest BCUT2D eigenvalue weighted by Gasteiger charge is -2.39. The molecule has 29 heavy (non-hydrogen) atoms. The monoisotopic (exact) mass is 410 g/mol. The van der Waals surface area contributed by atoms with Crippen molar-refractivity contribution < 1.29 is 13.2 Å². The van der Waals surface area contributed by atoms with Gasteiger partial charge >= 0.3 is 0 Å². The Hall–Kier alpha value is -2.73. The van der Waals surface area contributed by atoms with Gasteiger partial charge in [0, 0.05) is 43.8 Å². The fourth-order valence-electron chi connectivity index (χ4n) is 4.07. The number of benzene rings is 2. The molecule has 0 saturated carbocycles. The minimum Gasteiger partial charge on any atom is -0.350 e. The SMILES string of the molecule is N#Cc1cccc(C(=O)NC[C@@H]2CN(S(=O)(=O)c3ccccc3)[C@H]3CCN2C3)c1. The highest BCUT2D eigenvalue weighted by Gasteiger charge is 2.44. The van der Waals surface area contributed by atoms with E-state index in [1.165, 1.54) is 0 Å². The van der Waals surface area contributed by atoms with Crippen molar-refractivity contribution in [1.29, 1.82) is 5.26 Å². The lowest BCUT2D eigenvalue weighted by atomic mass is 10.1. The predicted molar refractivity (Wildman–Crippen MR) is 108 cm³/mol. The van der Waals surface area contributed by atoms with Gasteiger partial charge in [-0.1, -0.05) is 24.3 Å². The summed E-state index contributed by atoms with van der Waals surface area (Å²) in [5, 5.41) is 11.9. The van der Waals surface area contributed by atoms with Gasteiger partial charge in [-0.3, -0.25) is 9.69 Å². The van der Waals surface area contributed by atoms with Crippen LogP contribution in [0.4, 0.5) is 0 Å². The summed E-state index contributed by atoms with van der Waals surface area (Å²) in [5.41, 5.74) is 0.853. The van der Waals surface area contributed by atoms with E-state index in [1.54, 1.807) is 58.9 Å². The molecule has 1 unspecified atom stereocenters. The van der Waals surface area contributed by atoms with E-state index in [4.69, 9.17) is 5.26 Å². The molecule has 1 amide bonds. The molecule has 2 aliphatic rings. The van der Waals surface area contributed by atoms with Crippen molar-refractivity contribution in [3.63, 3.8) is 0 Å². The van der Waals surface area contributed by atoms with E-state index in [9.17, 15) is 13.2 Å². The van der Waals surface area contributed by atoms with Crippen LogP contribution in [0, 0.1) is 11.3 Å². The Kier molecular flexibility index (Phi) is 5.37. The maximum atomic E-state index is 13.1. The predicted octanol–water partition coefficient (Wildman–Crippen LogP) is 1.44. The number of amides is 1. The third-order valence-corrected chi connectivity index (χ3v) is 7.54. The van der Waals surface area contributed by atoms with Gasteiger partial charge < -0.3 is 5.32 Å². The van der Waals surface area contributed by atoms with E-state index in [1.807, 2.05) is 6.07 Å². The number of hydrogen-bond acceptors (Lipinski definition) is 5. The summed E-state index contributed by atoms with van der Waals surface area (Å²) in [6.07, 6.45) is 0.792. The first-order chi connectivity index (χ1) is 14.0. The first-order valence-corrected chi connectivity index (χ1v) is 11.0. The Morgan fingerprint density at radius 2 is 1.93 bits per heavy atom. The average molecular weight is 410 g/mol. The maximum absolute atomic E-state index is 13.1. The number of carbonyl (C=O) groups is 1. The molecule has 2 aromatic rings. The highest BCUT2D eigenvalue weighted by molar-refractivity contribution is 7.89. The molecular weight excluding hydrogens is 388 g/mol. The number of nitrogens with one attached hydrogen (secondary N) is 1. The van der Waals surface area contributed by atoms with Crippen LogP contribution in [0.3, 0.4) is 0 Å². The highest BCUT2D eigenvalue weighted by Crippen LogP contribution is 2.30. The zero-order valence-electron chi connectivity index (χ0n) is 15.9. The lowest BCUT2D eigenvalue weighted by Crippen LogP contribution is -2.57. The summed E-state index contributed by atoms with van der Waals surface area (Å²) in [6, 6.07) is 16.9. The van der Waals surface area contributed by atoms with Crippen molar-refractivity contribution in [2.24, 2.45) is 0 Å². The molecule has 2 heterocycles. The van der Waals surface area contributed by atoms with Crippen LogP contribution < -0.4 is 5.32 Å². The Balaban J connectivity index is 1.47. The summed E-state index contributed by atoms with van der Waals surface area (Å²) in [5.74, 6) is -0.263. The summed E-state index contributed by atoms with van der Waals surface area (Å²) in [7, 11) is -3.57. The Bertz CT molecular complexity index is 1050. The molecule has 2 aromatic carbocycles. The van der Waals surface area contributed by atoms with E-state index in [2.05, 4.69) is 10.2 Å². The zero-order valence-corrected chi connectivity index (χ0v) is 16.7. The average Bonchev–Trinajstić information content (AvgIpc) is 3.17. The largest absolute Gasteiger partial charge is 0.350 e. The number of hydrogen-bond donors (Lipinski definition) is 1. The van der Waals surface area contributed by atoms with Gasteiger partial charge in [-0.05, 0) is 36.8 Å². The number of sulfonamides is 1. The van der Waals surface area contributed by atoms with Crippen LogP contribution in [-0.2, 0) is 10.0 Å². The van der Waals surface area contributed by atoms with Crippen LogP contribution in [0.25, 0.3) is 0 Å². The third kappa shape index (κ3) is 3.90. The quantitative estimate of drug-likeness (QED) is 0.805. The molecule has 1 N–H and O–H groups in total. The molecule has 2 fully saturated rings. The van der Waals surface area contributed by atoms with E-state index in [-0.39, 0.29) is 18.0 Å². The van der Waals surface area contributed by atoms with Crippen molar-refractivity contribution in [2.45, 2.75) is 23.4 Å². The van der Waals surface area contributed by atoms with Gasteiger partial charge in [-0.15, -0.1) is 0 Å². The van der Waals surface area contributed by atoms with E-state index < -0.39 is 10.0 Å². The highest BCUT2D eigenvalue weighted by atomic mass is 32.2. The van der Waals surface area contributed by atoms with Crippen LogP contribution in [0.15, 0.2) is 59.5 Å². The Labute approximate surface area is 170 Å². The molecule has 4 rings (SSSR count). The molecule has 2 bridgehead atoms. The van der Waals surface area contributed by atoms with Crippen molar-refractivity contribution in [1.82, 2.24) is 14.5 Å². The van der Waals surface area contributed by atoms with Crippen LogP contribution in [0.5, 0.6) is 0 Å². The fourth-order valence-corrected chi connectivity index (χ4v) is 5.77. The van der Waals surface area contributed by atoms with Crippen LogP contribution in [-0.4, -0.2) is 61.8 Å². The Morgan fingerprint density at radius 3 is 2.69 bits per heavy atom. The second-order valence-corrected chi connectivity index (χ2v) is 9.27. The topological polar surface area (TPSA) is 93.5 Å². The van der Waals surface area contributed by atoms with Gasteiger partial charge in [0.1, 0.15) is 0 Å². The summed E-state index contributed by atoms with van der Waals surface area (Å²) in [6.45, 7) is 2.19. The summed E-state index contributed by atoms with van der Waals surface area (Å²) >= 11 is 0. The molecule has 3 atom stereocenters. The number of fused-ring (bicyclic) bond motifs is 2. The standard InChI is InChI=1S/C21H22N4O3S/c22-12-16-5-4-6-17(11-16)21(26)23-13-19-15-25(18-9-10-24(19)14-18)29(27,28)20-7-2-1-3-8-20/h1-8,11,18-19H,9-10,13-15H2,(H,23,26)/t18-,19+/m0/s1. The lowest BCUT2D eigenvalue weighted by molar-refractivity contribution is 0.0915. The second-order valence-electron chi connectivity index (χ2n) is 7.38. The van der Waals surface area contributed by atoms with Crippen LogP contribution in [0.1, 0.15) is 22.3 Å². The van der Waals surface area contributed by atoms with Crippen LogP contribution >= 0.6 is 0 Å². The molecule has 0 radical (unpaired) electrons. The van der Waals surface area contributed by atoms with Gasteiger partial charge in [0.2, 0.25) is 10.0 Å². The van der Waals surface area contributed by atoms with Crippen LogP contribution in [0.2, 0.25) is 0 Å². The smallest absolute Gasteiger partial charge is 0.251 e. The second kappa shape index (κ2) is 7.95. The molecule has 0 spiro atoms. The maximum Gasteiger partial charge on any atom is 0.251 e. The van der Waals surface area contributed by atoms with Gasteiger partial charge in [0.25, 0.3) is 5.91 Å². The van der Waals surface area contributed by atoms with Gasteiger partial charge in [0.05, 0.1) is 16.5 Å². The normalized spacial score (nSPS) is 24.0. The van der Waals surface area contributed by atoms with Gasteiger partial charge in [0.15, 0.2) is 0 Å². The van der Waals surface area contributed by atoms with Crippen molar-refractivity contribution >= 4 is 15.9 Å². The number of nitrogens with zero attached hydrogens (tertiary/aromatic N) is 3. The summed E-state index contributed by atoms with van der Waals surface area (Å²) < 4.78 is 27.9. The minimum atomic E-state index is -3.57. The number of rotatable bonds is 5. The molecule has 2 saturated heterocycles. The minimum absolute atomic E-state index is 0.0283.